The second-order valence-corrected chi connectivity index (χ2v) is 7.15. The fourth-order valence-corrected chi connectivity index (χ4v) is 3.10. The molecule has 2 N–H and O–H groups in total. The summed E-state index contributed by atoms with van der Waals surface area (Å²) >= 11 is 5.05. The molecular formula is C23H21N3O4S. The zero-order chi connectivity index (χ0) is 22.4. The van der Waals surface area contributed by atoms with E-state index in [2.05, 4.69) is 17.2 Å². The number of carbonyl (C=O) groups excluding carboxylic acids is 3. The van der Waals surface area contributed by atoms with E-state index >= 15 is 0 Å². The number of thiocarbonyl (C=S) groups is 1. The van der Waals surface area contributed by atoms with Crippen LogP contribution in [0.15, 0.2) is 66.8 Å². The van der Waals surface area contributed by atoms with Crippen molar-refractivity contribution >= 4 is 46.8 Å². The van der Waals surface area contributed by atoms with E-state index in [0.717, 1.165) is 5.56 Å². The Bertz CT molecular complexity index is 1080. The number of amides is 3. The lowest BCUT2D eigenvalue weighted by atomic mass is 10.1. The van der Waals surface area contributed by atoms with Crippen LogP contribution in [0.5, 0.6) is 5.75 Å². The van der Waals surface area contributed by atoms with E-state index in [1.807, 2.05) is 19.1 Å². The summed E-state index contributed by atoms with van der Waals surface area (Å²) in [7, 11) is 0. The van der Waals surface area contributed by atoms with Gasteiger partial charge in [-0.05, 0) is 43.4 Å². The molecule has 2 aromatic carbocycles. The molecule has 31 heavy (non-hydrogen) atoms. The number of carbonyl (C=O) groups is 3. The number of hydrogen-bond acceptors (Lipinski definition) is 5. The monoisotopic (exact) mass is 435 g/mol. The topological polar surface area (TPSA) is 87.7 Å². The largest absolute Gasteiger partial charge is 0.483 e. The van der Waals surface area contributed by atoms with E-state index in [4.69, 9.17) is 17.0 Å². The highest BCUT2D eigenvalue weighted by Crippen LogP contribution is 2.23. The molecule has 3 amide bonds. The van der Waals surface area contributed by atoms with Crippen molar-refractivity contribution in [1.29, 1.82) is 0 Å². The summed E-state index contributed by atoms with van der Waals surface area (Å²) in [5.74, 6) is -1.10. The molecule has 0 unspecified atom stereocenters. The maximum absolute atomic E-state index is 12.7. The van der Waals surface area contributed by atoms with Gasteiger partial charge in [0.25, 0.3) is 17.7 Å². The van der Waals surface area contributed by atoms with E-state index < -0.39 is 11.8 Å². The molecular weight excluding hydrogens is 414 g/mol. The zero-order valence-electron chi connectivity index (χ0n) is 16.9. The van der Waals surface area contributed by atoms with Gasteiger partial charge in [0.15, 0.2) is 11.7 Å². The second-order valence-electron chi connectivity index (χ2n) is 6.76. The quantitative estimate of drug-likeness (QED) is 0.302. The van der Waals surface area contributed by atoms with Gasteiger partial charge in [0.2, 0.25) is 0 Å². The summed E-state index contributed by atoms with van der Waals surface area (Å²) in [6, 6.07) is 14.2. The fourth-order valence-electron chi connectivity index (χ4n) is 2.85. The van der Waals surface area contributed by atoms with Crippen LogP contribution in [0, 0.1) is 6.92 Å². The average Bonchev–Trinajstić information content (AvgIpc) is 2.75. The Morgan fingerprint density at radius 2 is 1.90 bits per heavy atom. The van der Waals surface area contributed by atoms with E-state index in [9.17, 15) is 14.4 Å². The molecule has 1 aliphatic heterocycles. The number of ether oxygens (including phenoxy) is 1. The fraction of sp³-hybridized carbons (Fsp3) is 0.130. The third kappa shape index (κ3) is 5.43. The van der Waals surface area contributed by atoms with Crippen LogP contribution in [0.1, 0.15) is 11.1 Å². The molecule has 0 radical (unpaired) electrons. The van der Waals surface area contributed by atoms with Crippen molar-refractivity contribution in [3.8, 4) is 5.75 Å². The molecule has 1 aliphatic rings. The molecule has 1 saturated heterocycles. The number of hydrogen-bond donors (Lipinski definition) is 2. The van der Waals surface area contributed by atoms with Gasteiger partial charge in [-0.2, -0.15) is 0 Å². The van der Waals surface area contributed by atoms with E-state index in [0.29, 0.717) is 17.0 Å². The van der Waals surface area contributed by atoms with Gasteiger partial charge in [-0.15, -0.1) is 6.58 Å². The highest BCUT2D eigenvalue weighted by Gasteiger charge is 2.32. The summed E-state index contributed by atoms with van der Waals surface area (Å²) < 4.78 is 5.65. The third-order valence-corrected chi connectivity index (χ3v) is 4.73. The average molecular weight is 436 g/mol. The van der Waals surface area contributed by atoms with Gasteiger partial charge in [-0.1, -0.05) is 42.0 Å². The Balaban J connectivity index is 1.75. The Labute approximate surface area is 185 Å². The number of anilines is 1. The van der Waals surface area contributed by atoms with Crippen LogP contribution in [-0.2, 0) is 14.4 Å². The van der Waals surface area contributed by atoms with Gasteiger partial charge in [0.05, 0.1) is 0 Å². The van der Waals surface area contributed by atoms with Crippen molar-refractivity contribution in [2.75, 3.05) is 18.5 Å². The number of rotatable bonds is 7. The first-order valence-corrected chi connectivity index (χ1v) is 9.88. The molecule has 0 saturated carbocycles. The first-order chi connectivity index (χ1) is 14.9. The van der Waals surface area contributed by atoms with Crippen molar-refractivity contribution in [2.45, 2.75) is 6.92 Å². The maximum atomic E-state index is 12.7. The molecule has 158 valence electrons. The van der Waals surface area contributed by atoms with Crippen LogP contribution in [0.3, 0.4) is 0 Å². The predicted octanol–water partition coefficient (Wildman–Crippen LogP) is 2.83. The van der Waals surface area contributed by atoms with Crippen LogP contribution in [0.25, 0.3) is 6.08 Å². The summed E-state index contributed by atoms with van der Waals surface area (Å²) in [4.78, 5) is 38.5. The van der Waals surface area contributed by atoms with E-state index in [1.54, 1.807) is 36.4 Å². The van der Waals surface area contributed by atoms with Crippen LogP contribution in [0.4, 0.5) is 5.69 Å². The van der Waals surface area contributed by atoms with Gasteiger partial charge in [-0.25, -0.2) is 0 Å². The Morgan fingerprint density at radius 1 is 1.19 bits per heavy atom. The highest BCUT2D eigenvalue weighted by molar-refractivity contribution is 7.80. The van der Waals surface area contributed by atoms with Gasteiger partial charge >= 0.3 is 0 Å². The van der Waals surface area contributed by atoms with Crippen molar-refractivity contribution in [1.82, 2.24) is 10.2 Å². The molecule has 0 aliphatic carbocycles. The molecule has 0 bridgehead atoms. The summed E-state index contributed by atoms with van der Waals surface area (Å²) in [6.45, 7) is 5.50. The minimum Gasteiger partial charge on any atom is -0.483 e. The molecule has 2 aromatic rings. The second kappa shape index (κ2) is 9.82. The SMILES string of the molecule is C=CCN1C(=O)/C(=C\c2ccccc2OCC(=O)Nc2ccc(C)cc2)C(=O)NC1=S. The lowest BCUT2D eigenvalue weighted by Gasteiger charge is -2.27. The molecule has 3 rings (SSSR count). The zero-order valence-corrected chi connectivity index (χ0v) is 17.7. The van der Waals surface area contributed by atoms with Crippen LogP contribution >= 0.6 is 12.2 Å². The highest BCUT2D eigenvalue weighted by atomic mass is 32.1. The van der Waals surface area contributed by atoms with Crippen LogP contribution in [-0.4, -0.2) is 40.9 Å². The van der Waals surface area contributed by atoms with E-state index in [1.165, 1.54) is 17.1 Å². The molecule has 8 heteroatoms. The molecule has 1 fully saturated rings. The van der Waals surface area contributed by atoms with Crippen molar-refractivity contribution in [3.05, 3.63) is 77.9 Å². The third-order valence-electron chi connectivity index (χ3n) is 4.41. The van der Waals surface area contributed by atoms with Crippen molar-refractivity contribution in [2.24, 2.45) is 0 Å². The first-order valence-electron chi connectivity index (χ1n) is 9.47. The predicted molar refractivity (Wildman–Crippen MR) is 122 cm³/mol. The molecule has 0 atom stereocenters. The molecule has 1 heterocycles. The Morgan fingerprint density at radius 3 is 2.61 bits per heavy atom. The van der Waals surface area contributed by atoms with Crippen molar-refractivity contribution in [3.63, 3.8) is 0 Å². The maximum Gasteiger partial charge on any atom is 0.265 e. The first kappa shape index (κ1) is 21.9. The number of aryl methyl sites for hydroxylation is 1. The van der Waals surface area contributed by atoms with Crippen LogP contribution < -0.4 is 15.4 Å². The minimum atomic E-state index is -0.595. The van der Waals surface area contributed by atoms with Gasteiger partial charge in [0.1, 0.15) is 11.3 Å². The minimum absolute atomic E-state index is 0.0318. The Hall–Kier alpha value is -3.78. The summed E-state index contributed by atoms with van der Waals surface area (Å²) in [5, 5.41) is 5.28. The molecule has 7 nitrogen and oxygen atoms in total. The summed E-state index contributed by atoms with van der Waals surface area (Å²) in [6.07, 6.45) is 2.94. The van der Waals surface area contributed by atoms with Crippen molar-refractivity contribution < 1.29 is 19.1 Å². The van der Waals surface area contributed by atoms with E-state index in [-0.39, 0.29) is 29.7 Å². The number of nitrogens with zero attached hydrogens (tertiary/aromatic N) is 1. The summed E-state index contributed by atoms with van der Waals surface area (Å²) in [5.41, 5.74) is 2.15. The van der Waals surface area contributed by atoms with Gasteiger partial charge in [0, 0.05) is 17.8 Å². The van der Waals surface area contributed by atoms with Gasteiger partial charge in [-0.3, -0.25) is 24.6 Å². The smallest absolute Gasteiger partial charge is 0.265 e. The number of benzene rings is 2. The molecule has 0 spiro atoms. The Kier molecular flexibility index (Phi) is 6.94. The molecule has 0 aromatic heterocycles. The van der Waals surface area contributed by atoms with Gasteiger partial charge < -0.3 is 10.1 Å². The number of para-hydroxylation sites is 1. The standard InChI is InChI=1S/C23H21N3O4S/c1-3-12-26-22(29)18(21(28)25-23(26)31)13-16-6-4-5-7-19(16)30-14-20(27)24-17-10-8-15(2)9-11-17/h3-11,13H,1,12,14H2,2H3,(H,24,27)(H,25,28,31)/b18-13-. The van der Waals surface area contributed by atoms with Crippen LogP contribution in [0.2, 0.25) is 0 Å². The normalized spacial score (nSPS) is 14.9. The lowest BCUT2D eigenvalue weighted by Crippen LogP contribution is -2.53. The lowest BCUT2D eigenvalue weighted by molar-refractivity contribution is -0.128. The number of nitrogens with one attached hydrogen (secondary N) is 2.